The van der Waals surface area contributed by atoms with E-state index in [0.717, 1.165) is 35.7 Å². The fraction of sp³-hybridized carbons (Fsp3) is 0.500. The number of amides is 1. The lowest BCUT2D eigenvalue weighted by molar-refractivity contribution is -0.117. The first kappa shape index (κ1) is 22.8. The molecule has 0 N–H and O–H groups in total. The number of para-hydroxylation sites is 2. The van der Waals surface area contributed by atoms with Gasteiger partial charge in [-0.15, -0.1) is 0 Å². The lowest BCUT2D eigenvalue weighted by Gasteiger charge is -2.22. The Morgan fingerprint density at radius 3 is 2.56 bits per heavy atom. The minimum absolute atomic E-state index is 0.0812. The van der Waals surface area contributed by atoms with Crippen LogP contribution in [0.3, 0.4) is 0 Å². The van der Waals surface area contributed by atoms with Crippen LogP contribution >= 0.6 is 0 Å². The molecule has 5 rings (SSSR count). The van der Waals surface area contributed by atoms with Crippen LogP contribution in [0.1, 0.15) is 70.0 Å². The van der Waals surface area contributed by atoms with Crippen molar-refractivity contribution in [1.82, 2.24) is 9.55 Å². The van der Waals surface area contributed by atoms with Gasteiger partial charge < -0.3 is 18.9 Å². The average Bonchev–Trinajstić information content (AvgIpc) is 3.43. The maximum absolute atomic E-state index is 13.1. The predicted octanol–water partition coefficient (Wildman–Crippen LogP) is 6.08. The highest BCUT2D eigenvalue weighted by atomic mass is 16.6. The number of aryl methyl sites for hydroxylation is 1. The molecule has 2 aliphatic heterocycles. The maximum Gasteiger partial charge on any atom is 0.227 e. The Labute approximate surface area is 201 Å². The quantitative estimate of drug-likeness (QED) is 0.343. The third-order valence-electron chi connectivity index (χ3n) is 7.00. The summed E-state index contributed by atoms with van der Waals surface area (Å²) < 4.78 is 13.7. The first-order chi connectivity index (χ1) is 16.7. The lowest BCUT2D eigenvalue weighted by atomic mass is 10.1. The first-order valence-corrected chi connectivity index (χ1v) is 12.9. The van der Waals surface area contributed by atoms with Gasteiger partial charge in [-0.2, -0.15) is 0 Å². The zero-order chi connectivity index (χ0) is 23.3. The third kappa shape index (κ3) is 4.77. The van der Waals surface area contributed by atoms with Crippen molar-refractivity contribution in [2.24, 2.45) is 0 Å². The molecule has 3 heterocycles. The molecule has 0 aliphatic carbocycles. The van der Waals surface area contributed by atoms with Gasteiger partial charge in [0.05, 0.1) is 11.0 Å². The molecule has 0 saturated carbocycles. The lowest BCUT2D eigenvalue weighted by Crippen LogP contribution is -2.25. The van der Waals surface area contributed by atoms with Crippen LogP contribution in [0.25, 0.3) is 11.0 Å². The van der Waals surface area contributed by atoms with Crippen LogP contribution in [0.4, 0.5) is 5.69 Å². The van der Waals surface area contributed by atoms with Gasteiger partial charge in [0.1, 0.15) is 19.0 Å². The summed E-state index contributed by atoms with van der Waals surface area (Å²) in [5.41, 5.74) is 3.06. The van der Waals surface area contributed by atoms with Crippen LogP contribution in [0.15, 0.2) is 42.5 Å². The number of aromatic nitrogens is 2. The van der Waals surface area contributed by atoms with E-state index in [0.29, 0.717) is 31.9 Å². The van der Waals surface area contributed by atoms with Gasteiger partial charge in [-0.1, -0.05) is 57.6 Å². The molecule has 1 fully saturated rings. The molecule has 0 bridgehead atoms. The second kappa shape index (κ2) is 10.5. The van der Waals surface area contributed by atoms with Crippen LogP contribution < -0.4 is 14.4 Å². The number of hydrogen-bond donors (Lipinski definition) is 0. The zero-order valence-electron chi connectivity index (χ0n) is 20.2. The summed E-state index contributed by atoms with van der Waals surface area (Å²) >= 11 is 0. The van der Waals surface area contributed by atoms with Crippen molar-refractivity contribution in [2.75, 3.05) is 24.7 Å². The van der Waals surface area contributed by atoms with E-state index < -0.39 is 0 Å². The zero-order valence-corrected chi connectivity index (χ0v) is 20.2. The number of ether oxygens (including phenoxy) is 2. The van der Waals surface area contributed by atoms with E-state index in [1.165, 1.54) is 44.0 Å². The van der Waals surface area contributed by atoms with E-state index in [-0.39, 0.29) is 11.8 Å². The van der Waals surface area contributed by atoms with E-state index in [2.05, 4.69) is 29.7 Å². The summed E-state index contributed by atoms with van der Waals surface area (Å²) in [4.78, 5) is 19.9. The molecule has 1 amide bonds. The van der Waals surface area contributed by atoms with Crippen molar-refractivity contribution in [1.29, 1.82) is 0 Å². The van der Waals surface area contributed by atoms with E-state index in [9.17, 15) is 4.79 Å². The number of nitrogens with zero attached hydrogens (tertiary/aromatic N) is 3. The Kier molecular flexibility index (Phi) is 7.02. The SMILES string of the molecule is CCCCCCCCCn1c(C2CC(=O)N(c3ccc4c(c3)OCCO4)C2)nc2ccccc21. The van der Waals surface area contributed by atoms with Gasteiger partial charge in [-0.25, -0.2) is 4.98 Å². The van der Waals surface area contributed by atoms with Gasteiger partial charge in [0.25, 0.3) is 0 Å². The largest absolute Gasteiger partial charge is 0.486 e. The highest BCUT2D eigenvalue weighted by molar-refractivity contribution is 5.96. The van der Waals surface area contributed by atoms with Crippen molar-refractivity contribution in [3.63, 3.8) is 0 Å². The summed E-state index contributed by atoms with van der Waals surface area (Å²) in [5.74, 6) is 2.72. The van der Waals surface area contributed by atoms with Gasteiger partial charge in [0, 0.05) is 37.2 Å². The molecule has 0 radical (unpaired) electrons. The van der Waals surface area contributed by atoms with E-state index in [4.69, 9.17) is 14.5 Å². The van der Waals surface area contributed by atoms with Crippen LogP contribution in [0.2, 0.25) is 0 Å². The molecule has 1 unspecified atom stereocenters. The smallest absolute Gasteiger partial charge is 0.227 e. The number of carbonyl (C=O) groups is 1. The van der Waals surface area contributed by atoms with Gasteiger partial charge in [-0.05, 0) is 30.7 Å². The molecule has 3 aromatic rings. The van der Waals surface area contributed by atoms with Crippen molar-refractivity contribution in [2.45, 2.75) is 70.8 Å². The molecule has 1 atom stereocenters. The van der Waals surface area contributed by atoms with Crippen molar-refractivity contribution in [3.8, 4) is 11.5 Å². The van der Waals surface area contributed by atoms with Crippen LogP contribution in [0, 0.1) is 0 Å². The molecule has 6 heteroatoms. The van der Waals surface area contributed by atoms with Crippen LogP contribution in [-0.4, -0.2) is 35.2 Å². The molecule has 1 aromatic heterocycles. The molecule has 180 valence electrons. The number of anilines is 1. The highest BCUT2D eigenvalue weighted by Gasteiger charge is 2.35. The van der Waals surface area contributed by atoms with Gasteiger partial charge >= 0.3 is 0 Å². The molecule has 1 saturated heterocycles. The number of carbonyl (C=O) groups excluding carboxylic acids is 1. The van der Waals surface area contributed by atoms with Crippen molar-refractivity contribution in [3.05, 3.63) is 48.3 Å². The fourth-order valence-electron chi connectivity index (χ4n) is 5.20. The number of hydrogen-bond acceptors (Lipinski definition) is 4. The summed E-state index contributed by atoms with van der Waals surface area (Å²) in [7, 11) is 0. The van der Waals surface area contributed by atoms with Crippen molar-refractivity contribution < 1.29 is 14.3 Å². The monoisotopic (exact) mass is 461 g/mol. The van der Waals surface area contributed by atoms with Gasteiger partial charge in [-0.3, -0.25) is 4.79 Å². The summed E-state index contributed by atoms with van der Waals surface area (Å²) in [6, 6.07) is 14.1. The Morgan fingerprint density at radius 1 is 0.941 bits per heavy atom. The molecular weight excluding hydrogens is 426 g/mol. The summed E-state index contributed by atoms with van der Waals surface area (Å²) in [5, 5.41) is 0. The number of unbranched alkanes of at least 4 members (excludes halogenated alkanes) is 6. The standard InChI is InChI=1S/C28H35N3O3/c1-2-3-4-5-6-7-10-15-30-24-12-9-8-11-23(24)29-28(30)21-18-27(32)31(20-21)22-13-14-25-26(19-22)34-17-16-33-25/h8-9,11-14,19,21H,2-7,10,15-18,20H2,1H3. The highest BCUT2D eigenvalue weighted by Crippen LogP contribution is 2.38. The number of benzene rings is 2. The topological polar surface area (TPSA) is 56.6 Å². The van der Waals surface area contributed by atoms with Crippen LogP contribution in [0.5, 0.6) is 11.5 Å². The van der Waals surface area contributed by atoms with E-state index in [1.54, 1.807) is 0 Å². The normalized spacial score (nSPS) is 17.6. The summed E-state index contributed by atoms with van der Waals surface area (Å²) in [6.45, 7) is 4.95. The van der Waals surface area contributed by atoms with E-state index >= 15 is 0 Å². The van der Waals surface area contributed by atoms with Gasteiger partial charge in [0.15, 0.2) is 11.5 Å². The third-order valence-corrected chi connectivity index (χ3v) is 7.00. The Hall–Kier alpha value is -3.02. The Bertz CT molecular complexity index is 1140. The first-order valence-electron chi connectivity index (χ1n) is 12.9. The van der Waals surface area contributed by atoms with E-state index in [1.807, 2.05) is 29.2 Å². The minimum atomic E-state index is 0.0812. The number of rotatable bonds is 10. The van der Waals surface area contributed by atoms with Gasteiger partial charge in [0.2, 0.25) is 5.91 Å². The fourth-order valence-corrected chi connectivity index (χ4v) is 5.20. The average molecular weight is 462 g/mol. The summed E-state index contributed by atoms with van der Waals surface area (Å²) in [6.07, 6.45) is 9.45. The Morgan fingerprint density at radius 2 is 1.71 bits per heavy atom. The maximum atomic E-state index is 13.1. The van der Waals surface area contributed by atoms with Crippen molar-refractivity contribution >= 4 is 22.6 Å². The second-order valence-electron chi connectivity index (χ2n) is 9.47. The molecule has 2 aromatic carbocycles. The predicted molar refractivity (Wildman–Crippen MR) is 135 cm³/mol. The number of fused-ring (bicyclic) bond motifs is 2. The molecular formula is C28H35N3O3. The molecule has 34 heavy (non-hydrogen) atoms. The molecule has 2 aliphatic rings. The molecule has 6 nitrogen and oxygen atoms in total. The number of imidazole rings is 1. The minimum Gasteiger partial charge on any atom is -0.486 e. The molecule has 0 spiro atoms. The van der Waals surface area contributed by atoms with Crippen LogP contribution in [-0.2, 0) is 11.3 Å². The Balaban J connectivity index is 1.32. The second-order valence-corrected chi connectivity index (χ2v) is 9.47.